The van der Waals surface area contributed by atoms with E-state index in [1.807, 2.05) is 6.07 Å². The van der Waals surface area contributed by atoms with E-state index in [0.717, 1.165) is 3.78 Å². The number of carbonyl (C=O) groups is 1. The molecule has 4 nitrogen and oxygen atoms in total. The van der Waals surface area contributed by atoms with Gasteiger partial charge in [0.05, 0.1) is 0 Å². The number of nitrogens with zero attached hydrogens (tertiary/aromatic N) is 1. The third-order valence-electron chi connectivity index (χ3n) is 4.45. The van der Waals surface area contributed by atoms with Crippen LogP contribution < -0.4 is 3.78 Å². The molecule has 0 amide bonds. The second-order valence-corrected chi connectivity index (χ2v) is 19.2. The number of esters is 1. The van der Waals surface area contributed by atoms with Crippen molar-refractivity contribution in [2.75, 3.05) is 7.11 Å². The van der Waals surface area contributed by atoms with Crippen LogP contribution in [0.1, 0.15) is 69.8 Å². The molecule has 22 heavy (non-hydrogen) atoms. The van der Waals surface area contributed by atoms with Gasteiger partial charge in [0, 0.05) is 0 Å². The van der Waals surface area contributed by atoms with E-state index in [1.54, 1.807) is 0 Å². The molecule has 0 unspecified atom stereocenters. The molecule has 126 valence electrons. The number of aromatic nitrogens is 1. The second-order valence-electron chi connectivity index (χ2n) is 6.16. The molecule has 0 aliphatic carbocycles. The van der Waals surface area contributed by atoms with Crippen LogP contribution in [0.5, 0.6) is 0 Å². The zero-order valence-corrected chi connectivity index (χ0v) is 17.5. The molecule has 1 aromatic heterocycles. The van der Waals surface area contributed by atoms with E-state index in [1.165, 1.54) is 58.9 Å². The van der Waals surface area contributed by atoms with Crippen LogP contribution in [0.3, 0.4) is 0 Å². The van der Waals surface area contributed by atoms with Gasteiger partial charge in [0.2, 0.25) is 0 Å². The molecule has 0 saturated carbocycles. The molecule has 0 atom stereocenters. The third-order valence-corrected chi connectivity index (χ3v) is 19.3. The zero-order valence-electron chi connectivity index (χ0n) is 14.6. The molecular formula is C17H31NO3Sn. The minimum atomic E-state index is -2.59. The predicted octanol–water partition coefficient (Wildman–Crippen LogP) is 4.52. The summed E-state index contributed by atoms with van der Waals surface area (Å²) in [5.41, 5.74) is 0.336. The Bertz CT molecular complexity index is 423. The van der Waals surface area contributed by atoms with Crippen LogP contribution in [0.2, 0.25) is 13.3 Å². The van der Waals surface area contributed by atoms with Crippen molar-refractivity contribution in [1.82, 2.24) is 5.16 Å². The number of hydrogen-bond acceptors (Lipinski definition) is 4. The molecule has 1 heterocycles. The summed E-state index contributed by atoms with van der Waals surface area (Å²) in [6.07, 6.45) is 7.44. The van der Waals surface area contributed by atoms with Crippen molar-refractivity contribution >= 4 is 28.1 Å². The van der Waals surface area contributed by atoms with Crippen molar-refractivity contribution in [3.05, 3.63) is 11.8 Å². The summed E-state index contributed by atoms with van der Waals surface area (Å²) in [6.45, 7) is 6.74. The van der Waals surface area contributed by atoms with Crippen LogP contribution >= 0.6 is 0 Å². The summed E-state index contributed by atoms with van der Waals surface area (Å²) in [5.74, 6) is -0.392. The third kappa shape index (κ3) is 5.28. The van der Waals surface area contributed by atoms with Crippen LogP contribution in [0, 0.1) is 0 Å². The van der Waals surface area contributed by atoms with Gasteiger partial charge in [-0.15, -0.1) is 0 Å². The van der Waals surface area contributed by atoms with Gasteiger partial charge < -0.3 is 0 Å². The monoisotopic (exact) mass is 417 g/mol. The molecule has 0 bridgehead atoms. The van der Waals surface area contributed by atoms with Crippen molar-refractivity contribution in [2.24, 2.45) is 0 Å². The van der Waals surface area contributed by atoms with Gasteiger partial charge in [-0.05, 0) is 0 Å². The van der Waals surface area contributed by atoms with Gasteiger partial charge in [-0.1, -0.05) is 0 Å². The molecule has 0 aromatic carbocycles. The molecular weight excluding hydrogens is 385 g/mol. The van der Waals surface area contributed by atoms with Crippen molar-refractivity contribution in [3.8, 4) is 0 Å². The van der Waals surface area contributed by atoms with Crippen LogP contribution in [0.25, 0.3) is 0 Å². The van der Waals surface area contributed by atoms with E-state index in [9.17, 15) is 4.79 Å². The molecule has 0 N–H and O–H groups in total. The van der Waals surface area contributed by atoms with Crippen LogP contribution in [-0.4, -0.2) is 36.6 Å². The maximum absolute atomic E-state index is 11.7. The SMILES string of the molecule is CCC[CH2][Sn]([CH2]CCC)([CH2]CCC)[c]1cc(C(=O)OC)no1. The standard InChI is InChI=1S/C5H4NO3.3C4H9.Sn/c1-8-5(7)4-2-3-9-6-4;3*1-3-4-2;/h2H,1H3;3*1,3-4H2,2H3;. The Morgan fingerprint density at radius 2 is 1.59 bits per heavy atom. The first-order valence-electron chi connectivity index (χ1n) is 8.69. The number of unbranched alkanes of at least 4 members (excludes halogenated alkanes) is 3. The van der Waals surface area contributed by atoms with Crippen molar-refractivity contribution < 1.29 is 14.1 Å². The molecule has 0 aliphatic rings. The summed E-state index contributed by atoms with van der Waals surface area (Å²) < 4.78 is 15.4. The summed E-state index contributed by atoms with van der Waals surface area (Å²) in [4.78, 5) is 11.7. The van der Waals surface area contributed by atoms with E-state index in [2.05, 4.69) is 25.9 Å². The van der Waals surface area contributed by atoms with Gasteiger partial charge in [0.25, 0.3) is 0 Å². The van der Waals surface area contributed by atoms with Gasteiger partial charge in [0.15, 0.2) is 0 Å². The molecule has 0 fully saturated rings. The average molecular weight is 416 g/mol. The van der Waals surface area contributed by atoms with Gasteiger partial charge in [-0.2, -0.15) is 0 Å². The molecule has 5 heteroatoms. The average Bonchev–Trinajstić information content (AvgIpc) is 3.04. The fraction of sp³-hybridized carbons (Fsp3) is 0.765. The number of carbonyl (C=O) groups excluding carboxylic acids is 1. The normalized spacial score (nSPS) is 11.6. The van der Waals surface area contributed by atoms with E-state index in [4.69, 9.17) is 9.26 Å². The Morgan fingerprint density at radius 3 is 2.00 bits per heavy atom. The van der Waals surface area contributed by atoms with E-state index < -0.39 is 24.3 Å². The Labute approximate surface area is 138 Å². The first kappa shape index (κ1) is 19.5. The van der Waals surface area contributed by atoms with Crippen molar-refractivity contribution in [3.63, 3.8) is 0 Å². The maximum atomic E-state index is 11.7. The summed E-state index contributed by atoms with van der Waals surface area (Å²) >= 11 is -2.59. The summed E-state index contributed by atoms with van der Waals surface area (Å²) in [6, 6.07) is 1.89. The van der Waals surface area contributed by atoms with Crippen molar-refractivity contribution in [2.45, 2.75) is 72.6 Å². The van der Waals surface area contributed by atoms with Crippen LogP contribution in [-0.2, 0) is 4.74 Å². The number of hydrogen-bond donors (Lipinski definition) is 0. The Hall–Kier alpha value is -0.521. The molecule has 0 spiro atoms. The van der Waals surface area contributed by atoms with Crippen LogP contribution in [0.4, 0.5) is 0 Å². The molecule has 1 rings (SSSR count). The molecule has 1 aromatic rings. The fourth-order valence-corrected chi connectivity index (χ4v) is 18.0. The summed E-state index contributed by atoms with van der Waals surface area (Å²) in [5, 5.41) is 3.98. The number of rotatable bonds is 11. The van der Waals surface area contributed by atoms with Gasteiger partial charge in [-0.3, -0.25) is 0 Å². The fourth-order valence-electron chi connectivity index (χ4n) is 3.02. The summed E-state index contributed by atoms with van der Waals surface area (Å²) in [7, 11) is 1.39. The Morgan fingerprint density at radius 1 is 1.09 bits per heavy atom. The topological polar surface area (TPSA) is 52.3 Å². The predicted molar refractivity (Wildman–Crippen MR) is 92.4 cm³/mol. The van der Waals surface area contributed by atoms with Gasteiger partial charge in [0.1, 0.15) is 0 Å². The molecule has 0 saturated heterocycles. The number of methoxy groups -OCH3 is 1. The second kappa shape index (κ2) is 10.3. The number of ether oxygens (including phenoxy) is 1. The Kier molecular flexibility index (Phi) is 9.13. The van der Waals surface area contributed by atoms with E-state index in [-0.39, 0.29) is 0 Å². The van der Waals surface area contributed by atoms with Gasteiger partial charge in [-0.25, -0.2) is 0 Å². The minimum absolute atomic E-state index is 0.336. The van der Waals surface area contributed by atoms with Crippen molar-refractivity contribution in [1.29, 1.82) is 0 Å². The van der Waals surface area contributed by atoms with E-state index >= 15 is 0 Å². The first-order valence-corrected chi connectivity index (χ1v) is 16.2. The zero-order chi connectivity index (χ0) is 16.4. The van der Waals surface area contributed by atoms with E-state index in [0.29, 0.717) is 5.69 Å². The first-order chi connectivity index (χ1) is 10.6. The van der Waals surface area contributed by atoms with Gasteiger partial charge >= 0.3 is 139 Å². The molecule has 0 aliphatic heterocycles. The Balaban J connectivity index is 3.07. The van der Waals surface area contributed by atoms with Crippen LogP contribution in [0.15, 0.2) is 10.6 Å². The molecule has 0 radical (unpaired) electrons. The quantitative estimate of drug-likeness (QED) is 0.393.